The Balaban J connectivity index is 1.38. The van der Waals surface area contributed by atoms with Gasteiger partial charge in [-0.05, 0) is 44.7 Å². The fourth-order valence-corrected chi connectivity index (χ4v) is 3.78. The fourth-order valence-electron chi connectivity index (χ4n) is 3.78. The average molecular weight is 393 g/mol. The number of rotatable bonds is 5. The summed E-state index contributed by atoms with van der Waals surface area (Å²) in [5.74, 6) is 1.90. The third-order valence-corrected chi connectivity index (χ3v) is 5.52. The lowest BCUT2D eigenvalue weighted by molar-refractivity contribution is 0.0680. The van der Waals surface area contributed by atoms with Crippen LogP contribution in [0.25, 0.3) is 11.3 Å². The van der Waals surface area contributed by atoms with Crippen molar-refractivity contribution < 1.29 is 13.7 Å². The minimum absolute atomic E-state index is 0.0571. The molecule has 0 bridgehead atoms. The summed E-state index contributed by atoms with van der Waals surface area (Å²) in [5.41, 5.74) is 2.66. The number of hydrogen-bond acceptors (Lipinski definition) is 7. The minimum Gasteiger partial charge on any atom is -0.459 e. The maximum absolute atomic E-state index is 12.6. The lowest BCUT2D eigenvalue weighted by atomic mass is 9.90. The van der Waals surface area contributed by atoms with Crippen LogP contribution in [0.3, 0.4) is 0 Å². The van der Waals surface area contributed by atoms with E-state index in [4.69, 9.17) is 13.9 Å². The summed E-state index contributed by atoms with van der Waals surface area (Å²) in [6.07, 6.45) is 7.33. The number of likely N-dealkylation sites (tertiary alicyclic amines) is 1. The molecule has 8 nitrogen and oxygen atoms in total. The van der Waals surface area contributed by atoms with Crippen molar-refractivity contribution in [3.05, 3.63) is 47.8 Å². The van der Waals surface area contributed by atoms with Crippen molar-refractivity contribution in [3.8, 4) is 11.3 Å². The third kappa shape index (κ3) is 3.74. The highest BCUT2D eigenvalue weighted by atomic mass is 16.5. The van der Waals surface area contributed by atoms with E-state index in [1.54, 1.807) is 12.1 Å². The monoisotopic (exact) mass is 393 g/mol. The molecule has 1 amide bonds. The van der Waals surface area contributed by atoms with Gasteiger partial charge in [-0.1, -0.05) is 5.16 Å². The summed E-state index contributed by atoms with van der Waals surface area (Å²) in [6.45, 7) is 3.22. The van der Waals surface area contributed by atoms with Crippen molar-refractivity contribution in [2.75, 3.05) is 18.4 Å². The van der Waals surface area contributed by atoms with E-state index in [9.17, 15) is 4.79 Å². The number of hydrogen-bond donors (Lipinski definition) is 1. The Labute approximate surface area is 168 Å². The van der Waals surface area contributed by atoms with Gasteiger partial charge in [-0.3, -0.25) is 4.79 Å². The number of amides is 1. The van der Waals surface area contributed by atoms with Crippen LogP contribution in [0.2, 0.25) is 0 Å². The van der Waals surface area contributed by atoms with Crippen LogP contribution >= 0.6 is 0 Å². The number of nitrogens with one attached hydrogen (secondary N) is 1. The molecule has 2 fully saturated rings. The van der Waals surface area contributed by atoms with E-state index >= 15 is 0 Å². The van der Waals surface area contributed by atoms with Gasteiger partial charge in [0.1, 0.15) is 0 Å². The standard InChI is InChI=1S/C21H23N5O3/c1-13-11-18(29-25-13)16-12-22-21(23-15-4-5-15)24-19(16)14-6-8-26(9-7-14)20(27)17-3-2-10-28-17/h2-3,10-12,14-15H,4-9H2,1H3,(H,22,23,24). The fraction of sp³-hybridized carbons (Fsp3) is 0.429. The van der Waals surface area contributed by atoms with E-state index in [1.807, 2.05) is 24.1 Å². The van der Waals surface area contributed by atoms with Gasteiger partial charge in [-0.15, -0.1) is 0 Å². The molecule has 1 aliphatic carbocycles. The van der Waals surface area contributed by atoms with Crippen molar-refractivity contribution in [1.82, 2.24) is 20.0 Å². The second-order valence-electron chi connectivity index (χ2n) is 7.79. The molecule has 0 atom stereocenters. The number of nitrogens with zero attached hydrogens (tertiary/aromatic N) is 4. The highest BCUT2D eigenvalue weighted by Gasteiger charge is 2.30. The Hall–Kier alpha value is -3.16. The number of anilines is 1. The number of piperidine rings is 1. The zero-order valence-electron chi connectivity index (χ0n) is 16.3. The van der Waals surface area contributed by atoms with Crippen molar-refractivity contribution in [2.45, 2.75) is 44.6 Å². The van der Waals surface area contributed by atoms with Crippen molar-refractivity contribution in [2.24, 2.45) is 0 Å². The van der Waals surface area contributed by atoms with Crippen molar-refractivity contribution in [3.63, 3.8) is 0 Å². The molecule has 5 rings (SSSR count). The summed E-state index contributed by atoms with van der Waals surface area (Å²) in [7, 11) is 0. The second-order valence-corrected chi connectivity index (χ2v) is 7.79. The van der Waals surface area contributed by atoms with Gasteiger partial charge in [0.2, 0.25) is 5.95 Å². The molecule has 1 N–H and O–H groups in total. The molecule has 3 aromatic rings. The number of carbonyl (C=O) groups excluding carboxylic acids is 1. The maximum atomic E-state index is 12.6. The predicted octanol–water partition coefficient (Wildman–Crippen LogP) is 3.63. The van der Waals surface area contributed by atoms with E-state index < -0.39 is 0 Å². The molecular formula is C21H23N5O3. The first-order valence-corrected chi connectivity index (χ1v) is 10.1. The molecule has 1 saturated carbocycles. The summed E-state index contributed by atoms with van der Waals surface area (Å²) in [6, 6.07) is 5.83. The highest BCUT2D eigenvalue weighted by molar-refractivity contribution is 5.91. The molecule has 0 radical (unpaired) electrons. The number of furan rings is 1. The summed E-state index contributed by atoms with van der Waals surface area (Å²) in [4.78, 5) is 23.7. The Morgan fingerprint density at radius 1 is 1.24 bits per heavy atom. The molecular weight excluding hydrogens is 370 g/mol. The Bertz CT molecular complexity index is 1000. The summed E-state index contributed by atoms with van der Waals surface area (Å²) in [5, 5.41) is 7.39. The van der Waals surface area contributed by atoms with Gasteiger partial charge < -0.3 is 19.2 Å². The number of carbonyl (C=O) groups is 1. The largest absolute Gasteiger partial charge is 0.459 e. The third-order valence-electron chi connectivity index (χ3n) is 5.52. The molecule has 2 aliphatic rings. The SMILES string of the molecule is Cc1cc(-c2cnc(NC3CC3)nc2C2CCN(C(=O)c3ccco3)CC2)on1. The van der Waals surface area contributed by atoms with Crippen LogP contribution in [0.5, 0.6) is 0 Å². The molecule has 8 heteroatoms. The van der Waals surface area contributed by atoms with Crippen LogP contribution in [0.1, 0.15) is 53.5 Å². The normalized spacial score (nSPS) is 17.5. The van der Waals surface area contributed by atoms with Crippen molar-refractivity contribution >= 4 is 11.9 Å². The van der Waals surface area contributed by atoms with Crippen LogP contribution < -0.4 is 5.32 Å². The zero-order chi connectivity index (χ0) is 19.8. The molecule has 0 unspecified atom stereocenters. The zero-order valence-corrected chi connectivity index (χ0v) is 16.3. The minimum atomic E-state index is -0.0571. The van der Waals surface area contributed by atoms with Crippen molar-refractivity contribution in [1.29, 1.82) is 0 Å². The average Bonchev–Trinajstić information content (AvgIpc) is 3.20. The van der Waals surface area contributed by atoms with E-state index in [1.165, 1.54) is 6.26 Å². The molecule has 150 valence electrons. The molecule has 3 aromatic heterocycles. The first-order chi connectivity index (χ1) is 14.2. The molecule has 1 saturated heterocycles. The van der Waals surface area contributed by atoms with Crippen LogP contribution in [0.4, 0.5) is 5.95 Å². The summed E-state index contributed by atoms with van der Waals surface area (Å²) < 4.78 is 10.8. The molecule has 1 aliphatic heterocycles. The van der Waals surface area contributed by atoms with Gasteiger partial charge in [0.15, 0.2) is 11.5 Å². The number of aryl methyl sites for hydroxylation is 1. The van der Waals surface area contributed by atoms with Gasteiger partial charge in [0.05, 0.1) is 23.2 Å². The van der Waals surface area contributed by atoms with Crippen LogP contribution in [0, 0.1) is 6.92 Å². The van der Waals surface area contributed by atoms with Crippen LogP contribution in [-0.2, 0) is 0 Å². The van der Waals surface area contributed by atoms with E-state index in [0.29, 0.717) is 36.6 Å². The maximum Gasteiger partial charge on any atom is 0.289 e. The van der Waals surface area contributed by atoms with Gasteiger partial charge in [-0.25, -0.2) is 9.97 Å². The Kier molecular flexibility index (Phi) is 4.54. The quantitative estimate of drug-likeness (QED) is 0.707. The lowest BCUT2D eigenvalue weighted by Gasteiger charge is -2.31. The topological polar surface area (TPSA) is 97.3 Å². The Morgan fingerprint density at radius 2 is 2.07 bits per heavy atom. The predicted molar refractivity (Wildman–Crippen MR) is 105 cm³/mol. The van der Waals surface area contributed by atoms with Crippen LogP contribution in [-0.4, -0.2) is 45.1 Å². The molecule has 4 heterocycles. The van der Waals surface area contributed by atoms with Gasteiger partial charge in [-0.2, -0.15) is 0 Å². The first-order valence-electron chi connectivity index (χ1n) is 10.1. The second kappa shape index (κ2) is 7.35. The highest BCUT2D eigenvalue weighted by Crippen LogP contribution is 2.35. The Morgan fingerprint density at radius 3 is 2.72 bits per heavy atom. The van der Waals surface area contributed by atoms with Gasteiger partial charge in [0.25, 0.3) is 5.91 Å². The van der Waals surface area contributed by atoms with E-state index in [2.05, 4.69) is 15.5 Å². The first kappa shape index (κ1) is 17.9. The van der Waals surface area contributed by atoms with E-state index in [-0.39, 0.29) is 11.8 Å². The van der Waals surface area contributed by atoms with Gasteiger partial charge >= 0.3 is 0 Å². The number of aromatic nitrogens is 3. The molecule has 29 heavy (non-hydrogen) atoms. The smallest absolute Gasteiger partial charge is 0.289 e. The van der Waals surface area contributed by atoms with Crippen LogP contribution in [0.15, 0.2) is 39.6 Å². The van der Waals surface area contributed by atoms with Gasteiger partial charge in [0, 0.05) is 37.3 Å². The van der Waals surface area contributed by atoms with E-state index in [0.717, 1.165) is 42.6 Å². The lowest BCUT2D eigenvalue weighted by Crippen LogP contribution is -2.38. The molecule has 0 spiro atoms. The summed E-state index contributed by atoms with van der Waals surface area (Å²) >= 11 is 0. The molecule has 0 aromatic carbocycles.